The zero-order valence-corrected chi connectivity index (χ0v) is 38.7. The van der Waals surface area contributed by atoms with Crippen LogP contribution in [0.5, 0.6) is 0 Å². The van der Waals surface area contributed by atoms with Crippen molar-refractivity contribution in [1.82, 2.24) is 19.9 Å². The van der Waals surface area contributed by atoms with Gasteiger partial charge >= 0.3 is 5.97 Å². The fourth-order valence-electron chi connectivity index (χ4n) is 8.91. The Labute approximate surface area is 368 Å². The van der Waals surface area contributed by atoms with E-state index >= 15 is 0 Å². The predicted molar refractivity (Wildman–Crippen MR) is 228 cm³/mol. The van der Waals surface area contributed by atoms with Crippen LogP contribution in [0.3, 0.4) is 0 Å². The normalized spacial score (nSPS) is 38.3. The summed E-state index contributed by atoms with van der Waals surface area (Å²) in [6, 6.07) is -0.716. The zero-order chi connectivity index (χ0) is 45.8. The molecule has 2 fully saturated rings. The van der Waals surface area contributed by atoms with Crippen molar-refractivity contribution < 1.29 is 63.2 Å². The molecule has 0 saturated carbocycles. The number of rotatable bonds is 15. The molecular formula is C45H76N4O13. The smallest absolute Gasteiger partial charge is 0.308 e. The quantitative estimate of drug-likeness (QED) is 0.187. The standard InChI is InChI=1S/C45H76N4O13/c1-12-14-15-32-23-49(47-46-32)19-18-30-21-26(4)33(50)17-16-25(3)20-31(24-58-45-43(57-11)42(56-10)39(54)29(7)60-45)35(13-2)61-36(52)22-34(51)27(5)41(30)62-44-40(55)37(48(8)9)38(53)28(6)59-44/h16-17,20,23,26-31,34-35,37-45,51,53-55H,12-15,18-19,21-22,24H2,1-11H3/t26-,27+,28-,29?,30+,31-,34-,35-,37?,38-,39-,40?,41-,42+,43?,44+,45-/m1/s1. The zero-order valence-electron chi connectivity index (χ0n) is 38.7. The van der Waals surface area contributed by atoms with Gasteiger partial charge in [-0.15, -0.1) is 5.10 Å². The molecule has 0 spiro atoms. The summed E-state index contributed by atoms with van der Waals surface area (Å²) in [5, 5.41) is 53.9. The summed E-state index contributed by atoms with van der Waals surface area (Å²) in [5.41, 5.74) is 1.62. The number of hydrogen-bond acceptors (Lipinski definition) is 16. The van der Waals surface area contributed by atoms with Crippen LogP contribution >= 0.6 is 0 Å². The average Bonchev–Trinajstić information content (AvgIpc) is 3.69. The molecule has 2 saturated heterocycles. The van der Waals surface area contributed by atoms with Crippen LogP contribution < -0.4 is 0 Å². The summed E-state index contributed by atoms with van der Waals surface area (Å²) in [5.74, 6) is -2.90. The molecular weight excluding hydrogens is 805 g/mol. The van der Waals surface area contributed by atoms with Crippen LogP contribution in [-0.2, 0) is 55.7 Å². The van der Waals surface area contributed by atoms with Gasteiger partial charge in [-0.1, -0.05) is 57.1 Å². The molecule has 17 atom stereocenters. The number of aliphatic hydroxyl groups excluding tert-OH is 4. The number of hydrogen-bond donors (Lipinski definition) is 4. The molecule has 1 aromatic rings. The Balaban J connectivity index is 1.69. The number of nitrogens with zero attached hydrogens (tertiary/aromatic N) is 4. The minimum absolute atomic E-state index is 0.0261. The molecule has 4 heterocycles. The Hall–Kier alpha value is -2.68. The highest BCUT2D eigenvalue weighted by Gasteiger charge is 2.48. The Morgan fingerprint density at radius 2 is 1.58 bits per heavy atom. The average molecular weight is 881 g/mol. The first-order valence-corrected chi connectivity index (χ1v) is 22.4. The molecule has 0 aliphatic carbocycles. The van der Waals surface area contributed by atoms with Crippen LogP contribution in [0.1, 0.15) is 92.7 Å². The summed E-state index contributed by atoms with van der Waals surface area (Å²) in [6.45, 7) is 13.4. The van der Waals surface area contributed by atoms with E-state index in [0.29, 0.717) is 25.8 Å². The SMILES string of the molecule is CCCCc1cn(CC[C@H]2C[C@@H](C)C(=O)C=CC(C)=C[C@H](CO[C@@H]3OC(C)[C@@H](O)[C@H](OC)C3OC)[C@@H](CC)OC(=O)C[C@@H](O)[C@H](C)[C@H]2O[C@@H]2O[C@H](C)[C@@H](O)C(N(C)C)C2O)nn1. The lowest BCUT2D eigenvalue weighted by Gasteiger charge is -2.46. The Kier molecular flexibility index (Phi) is 20.6. The molecule has 0 radical (unpaired) electrons. The van der Waals surface area contributed by atoms with Crippen LogP contribution in [0.2, 0.25) is 0 Å². The number of unbranched alkanes of at least 4 members (excludes halogenated alkanes) is 1. The van der Waals surface area contributed by atoms with E-state index in [9.17, 15) is 30.0 Å². The summed E-state index contributed by atoms with van der Waals surface area (Å²) in [7, 11) is 6.48. The van der Waals surface area contributed by atoms with Gasteiger partial charge in [-0.05, 0) is 79.0 Å². The van der Waals surface area contributed by atoms with E-state index in [1.54, 1.807) is 56.6 Å². The largest absolute Gasteiger partial charge is 0.462 e. The Morgan fingerprint density at radius 3 is 2.23 bits per heavy atom. The van der Waals surface area contributed by atoms with Crippen molar-refractivity contribution in [2.24, 2.45) is 23.7 Å². The predicted octanol–water partition coefficient (Wildman–Crippen LogP) is 3.00. The van der Waals surface area contributed by atoms with E-state index in [1.165, 1.54) is 14.2 Å². The summed E-state index contributed by atoms with van der Waals surface area (Å²) in [6.07, 6.45) is -0.166. The number of carbonyl (C=O) groups excluding carboxylic acids is 2. The first-order valence-electron chi connectivity index (χ1n) is 22.4. The molecule has 62 heavy (non-hydrogen) atoms. The molecule has 0 bridgehead atoms. The second-order valence-electron chi connectivity index (χ2n) is 17.8. The maximum absolute atomic E-state index is 13.9. The first kappa shape index (κ1) is 51.9. The van der Waals surface area contributed by atoms with Gasteiger partial charge in [0.15, 0.2) is 18.4 Å². The van der Waals surface area contributed by atoms with Crippen molar-refractivity contribution in [3.05, 3.63) is 35.7 Å². The summed E-state index contributed by atoms with van der Waals surface area (Å²) in [4.78, 5) is 29.5. The maximum atomic E-state index is 13.9. The van der Waals surface area contributed by atoms with Crippen LogP contribution in [-0.4, -0.2) is 167 Å². The van der Waals surface area contributed by atoms with Gasteiger partial charge in [0.1, 0.15) is 30.5 Å². The molecule has 4 N–H and O–H groups in total. The monoisotopic (exact) mass is 881 g/mol. The molecule has 0 aromatic carbocycles. The summed E-state index contributed by atoms with van der Waals surface area (Å²) >= 11 is 0. The molecule has 354 valence electrons. The van der Waals surface area contributed by atoms with Crippen LogP contribution in [0.4, 0.5) is 0 Å². The lowest BCUT2D eigenvalue weighted by atomic mass is 9.79. The van der Waals surface area contributed by atoms with Gasteiger partial charge in [0.2, 0.25) is 0 Å². The highest BCUT2D eigenvalue weighted by atomic mass is 16.7. The van der Waals surface area contributed by atoms with Gasteiger partial charge in [0.25, 0.3) is 0 Å². The topological polar surface area (TPSA) is 214 Å². The molecule has 4 unspecified atom stereocenters. The molecule has 1 aromatic heterocycles. The van der Waals surface area contributed by atoms with E-state index < -0.39 is 109 Å². The number of carbonyl (C=O) groups is 2. The third-order valence-corrected chi connectivity index (χ3v) is 12.8. The van der Waals surface area contributed by atoms with Crippen LogP contribution in [0.25, 0.3) is 0 Å². The fraction of sp³-hybridized carbons (Fsp3) is 0.822. The Bertz CT molecular complexity index is 1590. The van der Waals surface area contributed by atoms with Gasteiger partial charge in [0, 0.05) is 44.7 Å². The van der Waals surface area contributed by atoms with Crippen LogP contribution in [0, 0.1) is 23.7 Å². The number of aryl methyl sites for hydroxylation is 2. The number of ketones is 1. The van der Waals surface area contributed by atoms with E-state index in [-0.39, 0.29) is 18.8 Å². The molecule has 3 aliphatic heterocycles. The highest BCUT2D eigenvalue weighted by Crippen LogP contribution is 2.35. The second-order valence-corrected chi connectivity index (χ2v) is 17.8. The lowest BCUT2D eigenvalue weighted by Crippen LogP contribution is -2.63. The second kappa shape index (κ2) is 24.6. The lowest BCUT2D eigenvalue weighted by molar-refractivity contribution is -0.304. The maximum Gasteiger partial charge on any atom is 0.308 e. The van der Waals surface area contributed by atoms with E-state index in [2.05, 4.69) is 17.2 Å². The number of aromatic nitrogens is 3. The number of allylic oxidation sites excluding steroid dienone is 3. The third kappa shape index (κ3) is 13.7. The fourth-order valence-corrected chi connectivity index (χ4v) is 8.91. The first-order chi connectivity index (χ1) is 29.4. The van der Waals surface area contributed by atoms with Gasteiger partial charge < -0.3 is 58.5 Å². The van der Waals surface area contributed by atoms with Gasteiger partial charge in [-0.3, -0.25) is 14.3 Å². The van der Waals surface area contributed by atoms with E-state index in [4.69, 9.17) is 33.2 Å². The minimum Gasteiger partial charge on any atom is -0.462 e. The van der Waals surface area contributed by atoms with Crippen molar-refractivity contribution in [3.8, 4) is 0 Å². The van der Waals surface area contributed by atoms with Crippen molar-refractivity contribution in [2.45, 2.75) is 180 Å². The van der Waals surface area contributed by atoms with E-state index in [0.717, 1.165) is 30.5 Å². The van der Waals surface area contributed by atoms with Gasteiger partial charge in [-0.25, -0.2) is 0 Å². The van der Waals surface area contributed by atoms with Crippen molar-refractivity contribution in [2.75, 3.05) is 34.9 Å². The van der Waals surface area contributed by atoms with Crippen LogP contribution in [0.15, 0.2) is 30.0 Å². The van der Waals surface area contributed by atoms with Gasteiger partial charge in [-0.2, -0.15) is 0 Å². The minimum atomic E-state index is -1.27. The Morgan fingerprint density at radius 1 is 0.903 bits per heavy atom. The number of esters is 1. The van der Waals surface area contributed by atoms with Crippen molar-refractivity contribution in [1.29, 1.82) is 0 Å². The van der Waals surface area contributed by atoms with Crippen molar-refractivity contribution in [3.63, 3.8) is 0 Å². The molecule has 4 rings (SSSR count). The molecule has 3 aliphatic rings. The third-order valence-electron chi connectivity index (χ3n) is 12.8. The summed E-state index contributed by atoms with van der Waals surface area (Å²) < 4.78 is 44.2. The number of cyclic esters (lactones) is 1. The number of ether oxygens (including phenoxy) is 7. The number of likely N-dealkylation sites (N-methyl/N-ethyl adjacent to an activating group) is 1. The van der Waals surface area contributed by atoms with E-state index in [1.807, 2.05) is 33.0 Å². The molecule has 0 amide bonds. The van der Waals surface area contributed by atoms with Gasteiger partial charge in [0.05, 0.1) is 55.3 Å². The number of aliphatic hydroxyl groups is 4. The number of methoxy groups -OCH3 is 2. The molecule has 17 nitrogen and oxygen atoms in total. The van der Waals surface area contributed by atoms with Crippen molar-refractivity contribution >= 4 is 11.8 Å². The highest BCUT2D eigenvalue weighted by molar-refractivity contribution is 5.91. The molecule has 17 heteroatoms.